The molecule has 0 spiro atoms. The van der Waals surface area contributed by atoms with E-state index < -0.39 is 11.9 Å². The first-order valence-electron chi connectivity index (χ1n) is 6.10. The number of amides is 1. The highest BCUT2D eigenvalue weighted by Gasteiger charge is 2.25. The predicted molar refractivity (Wildman–Crippen MR) is 71.7 cm³/mol. The number of carboxylic acid groups (broad SMARTS) is 1. The van der Waals surface area contributed by atoms with Crippen LogP contribution in [0.4, 0.5) is 0 Å². The molecule has 1 atom stereocenters. The Bertz CT molecular complexity index is 389. The maximum absolute atomic E-state index is 12.0. The fraction of sp³-hybridized carbons (Fsp3) is 0.538. The van der Waals surface area contributed by atoms with Gasteiger partial charge in [-0.05, 0) is 31.2 Å². The molecule has 0 radical (unpaired) electrons. The molecule has 4 nitrogen and oxygen atoms in total. The molecule has 5 heteroatoms. The van der Waals surface area contributed by atoms with Crippen molar-refractivity contribution in [1.29, 1.82) is 0 Å². The predicted octanol–water partition coefficient (Wildman–Crippen LogP) is 2.25. The molecule has 1 aromatic heterocycles. The van der Waals surface area contributed by atoms with Crippen molar-refractivity contribution < 1.29 is 14.7 Å². The quantitative estimate of drug-likeness (QED) is 0.772. The monoisotopic (exact) mass is 269 g/mol. The molecular weight excluding hydrogens is 250 g/mol. The standard InChI is InChI=1S/C13H19NO3S/c1-3-7-14(12(15)10(2)13(16)17)8-6-11-5-4-9-18-11/h4-5,9-10H,3,6-8H2,1-2H3,(H,16,17). The summed E-state index contributed by atoms with van der Waals surface area (Å²) in [4.78, 5) is 25.7. The molecule has 0 aromatic carbocycles. The summed E-state index contributed by atoms with van der Waals surface area (Å²) in [6.07, 6.45) is 1.62. The molecule has 0 saturated carbocycles. The third-order valence-electron chi connectivity index (χ3n) is 2.75. The van der Waals surface area contributed by atoms with Gasteiger partial charge in [0.05, 0.1) is 0 Å². The molecule has 0 saturated heterocycles. The first kappa shape index (κ1) is 14.7. The van der Waals surface area contributed by atoms with Crippen LogP contribution in [0.3, 0.4) is 0 Å². The Balaban J connectivity index is 2.58. The van der Waals surface area contributed by atoms with Gasteiger partial charge in [-0.25, -0.2) is 0 Å². The SMILES string of the molecule is CCCN(CCc1cccs1)C(=O)C(C)C(=O)O. The van der Waals surface area contributed by atoms with Crippen molar-refractivity contribution in [3.63, 3.8) is 0 Å². The van der Waals surface area contributed by atoms with Crippen LogP contribution < -0.4 is 0 Å². The second-order valence-electron chi connectivity index (χ2n) is 4.21. The number of hydrogen-bond acceptors (Lipinski definition) is 3. The Morgan fingerprint density at radius 1 is 1.44 bits per heavy atom. The number of thiophene rings is 1. The van der Waals surface area contributed by atoms with Crippen LogP contribution in [0, 0.1) is 5.92 Å². The largest absolute Gasteiger partial charge is 0.481 e. The summed E-state index contributed by atoms with van der Waals surface area (Å²) in [5, 5.41) is 10.9. The Kier molecular flexibility index (Phi) is 5.85. The summed E-state index contributed by atoms with van der Waals surface area (Å²) in [6, 6.07) is 4.01. The lowest BCUT2D eigenvalue weighted by Gasteiger charge is -2.23. The van der Waals surface area contributed by atoms with Crippen molar-refractivity contribution in [2.24, 2.45) is 5.92 Å². The average molecular weight is 269 g/mol. The number of carbonyl (C=O) groups is 2. The zero-order chi connectivity index (χ0) is 13.5. The van der Waals surface area contributed by atoms with E-state index in [1.165, 1.54) is 11.8 Å². The van der Waals surface area contributed by atoms with Crippen molar-refractivity contribution in [2.45, 2.75) is 26.7 Å². The van der Waals surface area contributed by atoms with Crippen molar-refractivity contribution >= 4 is 23.2 Å². The maximum Gasteiger partial charge on any atom is 0.315 e. The van der Waals surface area contributed by atoms with Gasteiger partial charge in [0.1, 0.15) is 5.92 Å². The van der Waals surface area contributed by atoms with Gasteiger partial charge >= 0.3 is 5.97 Å². The van der Waals surface area contributed by atoms with E-state index in [1.807, 2.05) is 24.4 Å². The van der Waals surface area contributed by atoms with Gasteiger partial charge in [-0.15, -0.1) is 11.3 Å². The summed E-state index contributed by atoms with van der Waals surface area (Å²) in [5.74, 6) is -2.31. The second-order valence-corrected chi connectivity index (χ2v) is 5.25. The van der Waals surface area contributed by atoms with E-state index in [-0.39, 0.29) is 5.91 Å². The molecule has 1 amide bonds. The molecule has 18 heavy (non-hydrogen) atoms. The van der Waals surface area contributed by atoms with Crippen LogP contribution in [0.2, 0.25) is 0 Å². The third kappa shape index (κ3) is 4.14. The highest BCUT2D eigenvalue weighted by atomic mass is 32.1. The Morgan fingerprint density at radius 3 is 2.67 bits per heavy atom. The maximum atomic E-state index is 12.0. The lowest BCUT2D eigenvalue weighted by molar-refractivity contribution is -0.150. The molecule has 100 valence electrons. The summed E-state index contributed by atoms with van der Waals surface area (Å²) in [6.45, 7) is 4.63. The molecule has 1 unspecified atom stereocenters. The molecule has 0 aliphatic rings. The third-order valence-corrected chi connectivity index (χ3v) is 3.69. The number of hydrogen-bond donors (Lipinski definition) is 1. The Hall–Kier alpha value is -1.36. The van der Waals surface area contributed by atoms with E-state index in [1.54, 1.807) is 16.2 Å². The number of carbonyl (C=O) groups excluding carboxylic acids is 1. The normalized spacial score (nSPS) is 12.1. The van der Waals surface area contributed by atoms with Gasteiger partial charge in [0.25, 0.3) is 0 Å². The van der Waals surface area contributed by atoms with Crippen molar-refractivity contribution in [3.05, 3.63) is 22.4 Å². The first-order valence-corrected chi connectivity index (χ1v) is 6.98. The minimum Gasteiger partial charge on any atom is -0.481 e. The summed E-state index contributed by atoms with van der Waals surface area (Å²) in [7, 11) is 0. The van der Waals surface area contributed by atoms with Crippen LogP contribution in [-0.4, -0.2) is 35.0 Å². The minimum atomic E-state index is -1.06. The van der Waals surface area contributed by atoms with Crippen molar-refractivity contribution in [2.75, 3.05) is 13.1 Å². The minimum absolute atomic E-state index is 0.291. The van der Waals surface area contributed by atoms with Crippen LogP contribution in [0.1, 0.15) is 25.1 Å². The van der Waals surface area contributed by atoms with Gasteiger partial charge < -0.3 is 10.0 Å². The summed E-state index contributed by atoms with van der Waals surface area (Å²) < 4.78 is 0. The fourth-order valence-corrected chi connectivity index (χ4v) is 2.38. The Labute approximate surface area is 111 Å². The molecule has 0 aliphatic carbocycles. The van der Waals surface area contributed by atoms with Gasteiger partial charge in [0, 0.05) is 18.0 Å². The Morgan fingerprint density at radius 2 is 2.17 bits per heavy atom. The smallest absolute Gasteiger partial charge is 0.315 e. The molecular formula is C13H19NO3S. The van der Waals surface area contributed by atoms with E-state index in [9.17, 15) is 9.59 Å². The zero-order valence-electron chi connectivity index (χ0n) is 10.8. The zero-order valence-corrected chi connectivity index (χ0v) is 11.6. The number of nitrogens with zero attached hydrogens (tertiary/aromatic N) is 1. The van der Waals surface area contributed by atoms with Crippen LogP contribution in [0.25, 0.3) is 0 Å². The van der Waals surface area contributed by atoms with Gasteiger partial charge in [0.2, 0.25) is 5.91 Å². The van der Waals surface area contributed by atoms with Gasteiger partial charge in [0.15, 0.2) is 0 Å². The van der Waals surface area contributed by atoms with E-state index in [2.05, 4.69) is 0 Å². The second kappa shape index (κ2) is 7.16. The summed E-state index contributed by atoms with van der Waals surface area (Å²) in [5.41, 5.74) is 0. The number of carboxylic acids is 1. The van der Waals surface area contributed by atoms with Crippen LogP contribution >= 0.6 is 11.3 Å². The first-order chi connectivity index (χ1) is 8.56. The molecule has 0 bridgehead atoms. The van der Waals surface area contributed by atoms with E-state index in [0.29, 0.717) is 13.1 Å². The van der Waals surface area contributed by atoms with E-state index in [4.69, 9.17) is 5.11 Å². The molecule has 0 aliphatic heterocycles. The number of rotatable bonds is 7. The van der Waals surface area contributed by atoms with Gasteiger partial charge in [-0.2, -0.15) is 0 Å². The van der Waals surface area contributed by atoms with E-state index >= 15 is 0 Å². The number of aliphatic carboxylic acids is 1. The summed E-state index contributed by atoms with van der Waals surface area (Å²) >= 11 is 1.66. The topological polar surface area (TPSA) is 57.6 Å². The molecule has 1 N–H and O–H groups in total. The molecule has 0 fully saturated rings. The molecule has 1 heterocycles. The van der Waals surface area contributed by atoms with Crippen molar-refractivity contribution in [3.8, 4) is 0 Å². The molecule has 1 aromatic rings. The van der Waals surface area contributed by atoms with Crippen molar-refractivity contribution in [1.82, 2.24) is 4.90 Å². The highest BCUT2D eigenvalue weighted by molar-refractivity contribution is 7.09. The highest BCUT2D eigenvalue weighted by Crippen LogP contribution is 2.11. The van der Waals surface area contributed by atoms with Gasteiger partial charge in [-0.1, -0.05) is 13.0 Å². The van der Waals surface area contributed by atoms with E-state index in [0.717, 1.165) is 12.8 Å². The molecule has 1 rings (SSSR count). The van der Waals surface area contributed by atoms with Gasteiger partial charge in [-0.3, -0.25) is 9.59 Å². The lowest BCUT2D eigenvalue weighted by atomic mass is 10.1. The fourth-order valence-electron chi connectivity index (χ4n) is 1.68. The van der Waals surface area contributed by atoms with Crippen LogP contribution in [0.15, 0.2) is 17.5 Å². The van der Waals surface area contributed by atoms with Crippen LogP contribution in [0.5, 0.6) is 0 Å². The lowest BCUT2D eigenvalue weighted by Crippen LogP contribution is -2.39. The van der Waals surface area contributed by atoms with Crippen LogP contribution in [-0.2, 0) is 16.0 Å². The average Bonchev–Trinajstić information content (AvgIpc) is 2.85.